The summed E-state index contributed by atoms with van der Waals surface area (Å²) in [5.74, 6) is 0.490. The topological polar surface area (TPSA) is 39.4 Å². The standard InChI is InChI=1S/C13H12O3/c1-2-15-13(14)11-7-5-10(6-8-11)12-4-3-9-16-12/h3-9H,2H2,1H3. The van der Waals surface area contributed by atoms with Gasteiger partial charge in [-0.05, 0) is 31.2 Å². The minimum absolute atomic E-state index is 0.298. The summed E-state index contributed by atoms with van der Waals surface area (Å²) in [5.41, 5.74) is 1.50. The van der Waals surface area contributed by atoms with E-state index >= 15 is 0 Å². The van der Waals surface area contributed by atoms with Crippen molar-refractivity contribution in [3.05, 3.63) is 48.2 Å². The Labute approximate surface area is 93.7 Å². The molecule has 0 saturated heterocycles. The van der Waals surface area contributed by atoms with Gasteiger partial charge in [0.1, 0.15) is 5.76 Å². The quantitative estimate of drug-likeness (QED) is 0.740. The van der Waals surface area contributed by atoms with Gasteiger partial charge in [-0.2, -0.15) is 0 Å². The van der Waals surface area contributed by atoms with Crippen LogP contribution in [0.15, 0.2) is 47.1 Å². The van der Waals surface area contributed by atoms with Crippen LogP contribution in [0.2, 0.25) is 0 Å². The van der Waals surface area contributed by atoms with Gasteiger partial charge in [0.2, 0.25) is 0 Å². The van der Waals surface area contributed by atoms with Crippen molar-refractivity contribution in [2.45, 2.75) is 6.92 Å². The highest BCUT2D eigenvalue weighted by molar-refractivity contribution is 5.89. The number of benzene rings is 1. The second kappa shape index (κ2) is 4.66. The van der Waals surface area contributed by atoms with Crippen molar-refractivity contribution in [1.29, 1.82) is 0 Å². The highest BCUT2D eigenvalue weighted by atomic mass is 16.5. The lowest BCUT2D eigenvalue weighted by atomic mass is 10.1. The van der Waals surface area contributed by atoms with E-state index in [0.717, 1.165) is 11.3 Å². The molecule has 0 radical (unpaired) electrons. The average Bonchev–Trinajstić information content (AvgIpc) is 2.83. The van der Waals surface area contributed by atoms with Gasteiger partial charge in [-0.25, -0.2) is 4.79 Å². The van der Waals surface area contributed by atoms with Gasteiger partial charge in [0.15, 0.2) is 0 Å². The molecule has 0 aliphatic carbocycles. The fourth-order valence-corrected chi connectivity index (χ4v) is 1.43. The number of carbonyl (C=O) groups excluding carboxylic acids is 1. The zero-order valence-corrected chi connectivity index (χ0v) is 8.97. The number of hydrogen-bond donors (Lipinski definition) is 0. The Morgan fingerprint density at radius 3 is 2.56 bits per heavy atom. The average molecular weight is 216 g/mol. The van der Waals surface area contributed by atoms with E-state index in [2.05, 4.69) is 0 Å². The molecule has 0 N–H and O–H groups in total. The molecule has 1 aromatic carbocycles. The first kappa shape index (κ1) is 10.5. The number of rotatable bonds is 3. The molecule has 3 nitrogen and oxygen atoms in total. The molecular formula is C13H12O3. The molecule has 0 amide bonds. The Morgan fingerprint density at radius 2 is 2.00 bits per heavy atom. The summed E-state index contributed by atoms with van der Waals surface area (Å²) in [6.45, 7) is 2.17. The Bertz CT molecular complexity index is 454. The van der Waals surface area contributed by atoms with E-state index in [1.54, 1.807) is 25.3 Å². The van der Waals surface area contributed by atoms with E-state index < -0.39 is 0 Å². The van der Waals surface area contributed by atoms with E-state index in [-0.39, 0.29) is 5.97 Å². The second-order valence-corrected chi connectivity index (χ2v) is 3.28. The maximum absolute atomic E-state index is 11.4. The SMILES string of the molecule is CCOC(=O)c1ccc(-c2ccco2)cc1. The molecule has 3 heteroatoms. The lowest BCUT2D eigenvalue weighted by Crippen LogP contribution is -2.03. The summed E-state index contributed by atoms with van der Waals surface area (Å²) < 4.78 is 10.1. The third-order valence-corrected chi connectivity index (χ3v) is 2.20. The minimum Gasteiger partial charge on any atom is -0.464 e. The van der Waals surface area contributed by atoms with Crippen molar-refractivity contribution in [2.24, 2.45) is 0 Å². The van der Waals surface area contributed by atoms with Gasteiger partial charge in [-0.1, -0.05) is 12.1 Å². The fraction of sp³-hybridized carbons (Fsp3) is 0.154. The normalized spacial score (nSPS) is 10.1. The molecule has 0 aliphatic rings. The third kappa shape index (κ3) is 2.14. The molecule has 1 heterocycles. The van der Waals surface area contributed by atoms with E-state index in [4.69, 9.17) is 9.15 Å². The molecule has 1 aromatic heterocycles. The van der Waals surface area contributed by atoms with E-state index in [0.29, 0.717) is 12.2 Å². The first-order chi connectivity index (χ1) is 7.81. The van der Waals surface area contributed by atoms with Crippen molar-refractivity contribution in [3.63, 3.8) is 0 Å². The van der Waals surface area contributed by atoms with Crippen molar-refractivity contribution in [2.75, 3.05) is 6.61 Å². The Kier molecular flexibility index (Phi) is 3.05. The van der Waals surface area contributed by atoms with Crippen molar-refractivity contribution in [1.82, 2.24) is 0 Å². The second-order valence-electron chi connectivity index (χ2n) is 3.28. The Balaban J connectivity index is 2.20. The summed E-state index contributed by atoms with van der Waals surface area (Å²) in [7, 11) is 0. The highest BCUT2D eigenvalue weighted by Crippen LogP contribution is 2.20. The van der Waals surface area contributed by atoms with Crippen LogP contribution in [0.25, 0.3) is 11.3 Å². The smallest absolute Gasteiger partial charge is 0.338 e. The van der Waals surface area contributed by atoms with Crippen LogP contribution >= 0.6 is 0 Å². The third-order valence-electron chi connectivity index (χ3n) is 2.20. The predicted octanol–water partition coefficient (Wildman–Crippen LogP) is 3.12. The zero-order chi connectivity index (χ0) is 11.4. The number of esters is 1. The van der Waals surface area contributed by atoms with Crippen molar-refractivity contribution in [3.8, 4) is 11.3 Å². The lowest BCUT2D eigenvalue weighted by molar-refractivity contribution is 0.0526. The van der Waals surface area contributed by atoms with Crippen molar-refractivity contribution < 1.29 is 13.9 Å². The van der Waals surface area contributed by atoms with Gasteiger partial charge in [-0.3, -0.25) is 0 Å². The Hall–Kier alpha value is -2.03. The van der Waals surface area contributed by atoms with Crippen LogP contribution in [0.5, 0.6) is 0 Å². The highest BCUT2D eigenvalue weighted by Gasteiger charge is 2.06. The van der Waals surface area contributed by atoms with Crippen LogP contribution in [0.4, 0.5) is 0 Å². The van der Waals surface area contributed by atoms with Gasteiger partial charge in [0, 0.05) is 5.56 Å². The number of furan rings is 1. The molecule has 0 spiro atoms. The maximum atomic E-state index is 11.4. The first-order valence-electron chi connectivity index (χ1n) is 5.12. The van der Waals surface area contributed by atoms with E-state index in [1.165, 1.54) is 0 Å². The number of hydrogen-bond acceptors (Lipinski definition) is 3. The molecule has 0 atom stereocenters. The molecule has 0 bridgehead atoms. The molecule has 82 valence electrons. The van der Waals surface area contributed by atoms with Crippen LogP contribution in [-0.2, 0) is 4.74 Å². The van der Waals surface area contributed by atoms with E-state index in [1.807, 2.05) is 24.3 Å². The van der Waals surface area contributed by atoms with Gasteiger partial charge in [0.25, 0.3) is 0 Å². The molecule has 0 unspecified atom stereocenters. The minimum atomic E-state index is -0.298. The van der Waals surface area contributed by atoms with Crippen LogP contribution in [0, 0.1) is 0 Å². The number of ether oxygens (including phenoxy) is 1. The largest absolute Gasteiger partial charge is 0.464 e. The molecule has 0 saturated carbocycles. The van der Waals surface area contributed by atoms with Crippen LogP contribution in [-0.4, -0.2) is 12.6 Å². The summed E-state index contributed by atoms with van der Waals surface area (Å²) >= 11 is 0. The molecule has 16 heavy (non-hydrogen) atoms. The summed E-state index contributed by atoms with van der Waals surface area (Å²) in [6, 6.07) is 10.8. The summed E-state index contributed by atoms with van der Waals surface area (Å²) in [5, 5.41) is 0. The summed E-state index contributed by atoms with van der Waals surface area (Å²) in [6.07, 6.45) is 1.62. The maximum Gasteiger partial charge on any atom is 0.338 e. The zero-order valence-electron chi connectivity index (χ0n) is 8.97. The van der Waals surface area contributed by atoms with Crippen LogP contribution in [0.1, 0.15) is 17.3 Å². The monoisotopic (exact) mass is 216 g/mol. The Morgan fingerprint density at radius 1 is 1.25 bits per heavy atom. The first-order valence-corrected chi connectivity index (χ1v) is 5.12. The van der Waals surface area contributed by atoms with Gasteiger partial charge in [0.05, 0.1) is 18.4 Å². The van der Waals surface area contributed by atoms with E-state index in [9.17, 15) is 4.79 Å². The van der Waals surface area contributed by atoms with Gasteiger partial charge < -0.3 is 9.15 Å². The van der Waals surface area contributed by atoms with Crippen LogP contribution in [0.3, 0.4) is 0 Å². The molecule has 2 rings (SSSR count). The molecule has 0 aliphatic heterocycles. The molecule has 2 aromatic rings. The van der Waals surface area contributed by atoms with Gasteiger partial charge in [-0.15, -0.1) is 0 Å². The lowest BCUT2D eigenvalue weighted by Gasteiger charge is -2.02. The molecular weight excluding hydrogens is 204 g/mol. The fourth-order valence-electron chi connectivity index (χ4n) is 1.43. The number of carbonyl (C=O) groups is 1. The van der Waals surface area contributed by atoms with Crippen molar-refractivity contribution >= 4 is 5.97 Å². The molecule has 0 fully saturated rings. The predicted molar refractivity (Wildman–Crippen MR) is 60.1 cm³/mol. The summed E-state index contributed by atoms with van der Waals surface area (Å²) in [4.78, 5) is 11.4. The van der Waals surface area contributed by atoms with Gasteiger partial charge >= 0.3 is 5.97 Å². The van der Waals surface area contributed by atoms with Crippen LogP contribution < -0.4 is 0 Å².